The van der Waals surface area contributed by atoms with E-state index in [4.69, 9.17) is 112 Å². The first-order chi connectivity index (χ1) is 66.7. The number of nitriles is 1. The smallest absolute Gasteiger partial charge is 0.352 e. The number of aromatic amines is 1. The molecule has 51 heteroatoms. The van der Waals surface area contributed by atoms with Crippen molar-refractivity contribution in [3.63, 3.8) is 0 Å². The van der Waals surface area contributed by atoms with E-state index in [9.17, 15) is 34.0 Å². The minimum atomic E-state index is -5.17. The molecule has 0 radical (unpaired) electrons. The normalized spacial score (nSPS) is 24.0. The van der Waals surface area contributed by atoms with Crippen LogP contribution in [0.25, 0.3) is 48.0 Å². The molecule has 4 fully saturated rings. The van der Waals surface area contributed by atoms with Crippen LogP contribution in [0.2, 0.25) is 0 Å². The third-order valence-electron chi connectivity index (χ3n) is 23.4. The predicted molar refractivity (Wildman–Crippen MR) is 512 cm³/mol. The molecule has 20 atom stereocenters. The van der Waals surface area contributed by atoms with Gasteiger partial charge in [0.15, 0.2) is 45.1 Å². The molecule has 4 saturated heterocycles. The maximum absolute atomic E-state index is 16.3. The fourth-order valence-corrected chi connectivity index (χ4v) is 23.6. The number of nitrogens with zero attached hydrogens (tertiary/aromatic N) is 18. The molecule has 0 saturated carbocycles. The number of hydrogen-bond acceptors (Lipinski definition) is 35. The Morgan fingerprint density at radius 3 is 1.41 bits per heavy atom. The molecule has 0 spiro atoms. The second kappa shape index (κ2) is 46.7. The number of carbonyl (C=O) groups is 4. The van der Waals surface area contributed by atoms with Crippen LogP contribution in [0.4, 0.5) is 23.4 Å². The van der Waals surface area contributed by atoms with Crippen LogP contribution in [0.3, 0.4) is 0 Å². The van der Waals surface area contributed by atoms with E-state index >= 15 is 4.57 Å². The molecule has 4 aliphatic rings. The van der Waals surface area contributed by atoms with Crippen LogP contribution in [0.5, 0.6) is 0 Å². The summed E-state index contributed by atoms with van der Waals surface area (Å²) in [5, 5.41) is 20.7. The number of phosphoric acid groups is 1. The van der Waals surface area contributed by atoms with Gasteiger partial charge >= 0.3 is 26.9 Å². The summed E-state index contributed by atoms with van der Waals surface area (Å²) in [7, 11) is -7.16. The summed E-state index contributed by atoms with van der Waals surface area (Å²) in [6.45, 7) is 32.6. The highest BCUT2D eigenvalue weighted by Crippen LogP contribution is 2.61. The van der Waals surface area contributed by atoms with Crippen LogP contribution in [0.1, 0.15) is 144 Å². The number of hydrogen-bond donors (Lipinski definition) is 5. The van der Waals surface area contributed by atoms with Crippen molar-refractivity contribution in [3.8, 4) is 6.07 Å². The number of aromatic nitrogens is 14. The van der Waals surface area contributed by atoms with Gasteiger partial charge in [0.1, 0.15) is 99.8 Å². The largest absolute Gasteiger partial charge is 0.475 e. The van der Waals surface area contributed by atoms with Crippen LogP contribution in [-0.2, 0) is 102 Å². The minimum Gasteiger partial charge on any atom is -0.352 e. The lowest BCUT2D eigenvalue weighted by Gasteiger charge is -2.36. The van der Waals surface area contributed by atoms with Crippen molar-refractivity contribution in [1.82, 2.24) is 72.8 Å². The maximum Gasteiger partial charge on any atom is 0.475 e. The van der Waals surface area contributed by atoms with Crippen molar-refractivity contribution in [2.24, 2.45) is 35.5 Å². The Kier molecular flexibility index (Phi) is 34.9. The SMILES string of the molecule is [C-]#[N+]CCOP(=O)(OC[C@H]1O[C@@H](n2cnc3c(NC(=O)c4ccccc4)ncnc32)C(C)[C@H]1OP(=S)(OCC[N+]#[C-])OC[C@H]1O[C@@H](n2cnc3c(=O)[nH]c(NC(=O)C(C)C)nc32)C(C)[C@H]1OP(=S)(OCC[N+]#[C-])OC[C@H]1O[C@@H](n2cnc3c(NC(=O)c4ccccc4)ncnc32)C(C)[C@H]1C)O[C@@H]1C(C)[C@H](n2cc(C)c(NC(=O)c3ccccc3)nc2=O)O[C@@H]1COP(OCCC#N)N(C(C)C)C(C)C. The molecule has 11 heterocycles. The monoisotopic (exact) mass is 2020 g/mol. The summed E-state index contributed by atoms with van der Waals surface area (Å²) in [6.07, 6.45) is -5.10. The van der Waals surface area contributed by atoms with Crippen molar-refractivity contribution < 1.29 is 92.5 Å². The first-order valence-electron chi connectivity index (χ1n) is 44.6. The Morgan fingerprint density at radius 1 is 0.511 bits per heavy atom. The standard InChI is InChI=1S/C88H105N23O22P4S2/c1-50(2)78(112)105-87-104-77-68(82(116)106-87)99-49-110(77)86-58(12)71(133-136(138,122-38-34-91-14)125-42-62-54(8)55(9)83(127-62)108-47-97-66-73(93-45-95-75(66)108)101-80(114)60-28-21-17-22-29-60)65(130-86)44-126-137(139,123-39-35-92-15)132-70-57(11)85(109-48-98-67-74(94-46-96-76(67)109)102-81(115)61-30-23-18-24-31-61)129-64(70)43-124-135(118,121-37-33-90-13)131-69-56(10)84(128-63(69)41-120-134(119-36-25-32-89)111(51(3)4)52(5)6)107-40-53(7)72(103-88(107)117)100-79(113)59-26-19-16-20-27-59/h16-24,26-31,40,45-52,54-58,62-65,69-71,83-86H,25,33-39,41-44H2,1-12H3,(H,93,95,101,114)(H,94,96,102,115)(H,100,103,113,117)(H2,104,105,106,112,116)/t54-,55?,56?,57?,58?,62-,63-,64-,65-,69-,70-,71-,83-,84-,85-,86-,134?,135?,136?,137?/m1/s1. The van der Waals surface area contributed by atoms with Gasteiger partial charge in [0.2, 0.25) is 31.5 Å². The maximum atomic E-state index is 16.3. The van der Waals surface area contributed by atoms with E-state index in [1.165, 1.54) is 40.6 Å². The van der Waals surface area contributed by atoms with Gasteiger partial charge in [-0.15, -0.1) is 0 Å². The van der Waals surface area contributed by atoms with Gasteiger partial charge in [-0.2, -0.15) is 15.2 Å². The highest BCUT2D eigenvalue weighted by atomic mass is 32.5. The van der Waals surface area contributed by atoms with Gasteiger partial charge in [-0.1, -0.05) is 103 Å². The highest BCUT2D eigenvalue weighted by molar-refractivity contribution is 8.07. The number of fused-ring (bicyclic) bond motifs is 3. The van der Waals surface area contributed by atoms with Gasteiger partial charge in [0, 0.05) is 70.1 Å². The van der Waals surface area contributed by atoms with Gasteiger partial charge in [-0.25, -0.2) is 68.6 Å². The first kappa shape index (κ1) is 104. The van der Waals surface area contributed by atoms with E-state index in [0.717, 1.165) is 0 Å². The summed E-state index contributed by atoms with van der Waals surface area (Å²) < 4.78 is 125. The van der Waals surface area contributed by atoms with Crippen LogP contribution >= 0.6 is 29.8 Å². The van der Waals surface area contributed by atoms with E-state index in [2.05, 4.69) is 91.7 Å². The number of amides is 4. The number of carbonyl (C=O) groups excluding carboxylic acids is 4. The molecule has 45 nitrogen and oxygen atoms in total. The highest BCUT2D eigenvalue weighted by Gasteiger charge is 2.55. The second-order valence-corrected chi connectivity index (χ2v) is 42.9. The topological polar surface area (TPSA) is 498 Å². The van der Waals surface area contributed by atoms with Gasteiger partial charge in [0.25, 0.3) is 31.8 Å². The zero-order valence-electron chi connectivity index (χ0n) is 77.7. The minimum absolute atomic E-state index is 0.0146. The Morgan fingerprint density at radius 2 is 0.935 bits per heavy atom. The number of H-pyrrole nitrogens is 1. The van der Waals surface area contributed by atoms with E-state index in [1.54, 1.807) is 148 Å². The average Bonchev–Trinajstić information content (AvgIpc) is 1.57. The molecular formula is C88H105N23O22P4S2. The molecule has 5 N–H and O–H groups in total. The molecule has 736 valence electrons. The fraction of sp³-hybridized carbons (Fsp3) is 0.489. The molecule has 10 aromatic rings. The van der Waals surface area contributed by atoms with Crippen molar-refractivity contribution in [2.45, 2.75) is 169 Å². The first-order valence-corrected chi connectivity index (χ1v) is 52.3. The fourth-order valence-electron chi connectivity index (χ4n) is 16.2. The van der Waals surface area contributed by atoms with E-state index in [0.29, 0.717) is 33.4 Å². The Hall–Kier alpha value is -10.9. The Balaban J connectivity index is 0.801. The van der Waals surface area contributed by atoms with Gasteiger partial charge in [-0.3, -0.25) is 66.1 Å². The lowest BCUT2D eigenvalue weighted by molar-refractivity contribution is -0.119. The summed E-state index contributed by atoms with van der Waals surface area (Å²) >= 11 is 12.9. The number of nitrogens with one attached hydrogen (secondary N) is 5. The lowest BCUT2D eigenvalue weighted by Crippen LogP contribution is -2.36. The average molecular weight is 2020 g/mol. The third-order valence-corrected chi connectivity index (χ3v) is 31.6. The number of imidazole rings is 3. The number of anilines is 4. The number of aryl methyl sites for hydroxylation is 1. The second-order valence-electron chi connectivity index (χ2n) is 33.9. The van der Waals surface area contributed by atoms with E-state index < -0.39 is 182 Å². The third kappa shape index (κ3) is 24.5. The van der Waals surface area contributed by atoms with Gasteiger partial charge < -0.3 is 85.6 Å². The molecule has 139 heavy (non-hydrogen) atoms. The summed E-state index contributed by atoms with van der Waals surface area (Å²) in [5.74, 6) is -5.88. The molecular weight excluding hydrogens is 1920 g/mol. The van der Waals surface area contributed by atoms with E-state index in [1.807, 2.05) is 46.2 Å². The summed E-state index contributed by atoms with van der Waals surface area (Å²) in [6, 6.07) is 27.1. The molecule has 8 unspecified atom stereocenters. The number of rotatable bonds is 45. The van der Waals surface area contributed by atoms with E-state index in [-0.39, 0.29) is 122 Å². The van der Waals surface area contributed by atoms with Crippen LogP contribution < -0.4 is 32.5 Å². The van der Waals surface area contributed by atoms with Crippen molar-refractivity contribution in [3.05, 3.63) is 206 Å². The van der Waals surface area contributed by atoms with Gasteiger partial charge in [0.05, 0.1) is 70.6 Å². The molecule has 7 aromatic heterocycles. The predicted octanol–water partition coefficient (Wildman–Crippen LogP) is 13.3. The molecule has 4 amide bonds. The van der Waals surface area contributed by atoms with Crippen LogP contribution in [-0.4, -0.2) is 224 Å². The Bertz CT molecular complexity index is 6500. The molecule has 14 rings (SSSR count). The van der Waals surface area contributed by atoms with Gasteiger partial charge in [-0.05, 0) is 101 Å². The summed E-state index contributed by atoms with van der Waals surface area (Å²) in [4.78, 5) is 136. The quantitative estimate of drug-likeness (QED) is 0.0134. The van der Waals surface area contributed by atoms with Crippen molar-refractivity contribution >= 4 is 134 Å². The zero-order valence-corrected chi connectivity index (χ0v) is 82.9. The lowest BCUT2D eigenvalue weighted by atomic mass is 9.93. The molecule has 0 aliphatic carbocycles. The zero-order chi connectivity index (χ0) is 99.1. The van der Waals surface area contributed by atoms with Crippen molar-refractivity contribution in [2.75, 3.05) is 93.8 Å². The molecule has 3 aromatic carbocycles. The summed E-state index contributed by atoms with van der Waals surface area (Å²) in [5.41, 5.74) is 0.518. The molecule has 0 bridgehead atoms. The van der Waals surface area contributed by atoms with Crippen molar-refractivity contribution in [1.29, 1.82) is 5.26 Å². The van der Waals surface area contributed by atoms with Crippen LogP contribution in [0, 0.1) is 73.5 Å². The number of ether oxygens (including phenoxy) is 4. The number of phosphoric ester groups is 1. The Labute approximate surface area is 810 Å². The molecule has 4 aliphatic heterocycles. The number of benzene rings is 3. The van der Waals surface area contributed by atoms with Crippen LogP contribution in [0.15, 0.2) is 138 Å².